The molecule has 2 amide bonds. The summed E-state index contributed by atoms with van der Waals surface area (Å²) in [7, 11) is 1.59. The third-order valence-corrected chi connectivity index (χ3v) is 4.83. The summed E-state index contributed by atoms with van der Waals surface area (Å²) < 4.78 is 12.2. The van der Waals surface area contributed by atoms with E-state index in [9.17, 15) is 9.59 Å². The van der Waals surface area contributed by atoms with Crippen LogP contribution in [0.5, 0.6) is 5.75 Å². The first kappa shape index (κ1) is 18.7. The summed E-state index contributed by atoms with van der Waals surface area (Å²) in [5, 5.41) is 10.9. The van der Waals surface area contributed by atoms with Gasteiger partial charge in [-0.05, 0) is 31.2 Å². The molecule has 0 saturated carbocycles. The average Bonchev–Trinajstić information content (AvgIpc) is 3.47. The number of anilines is 1. The van der Waals surface area contributed by atoms with Crippen LogP contribution in [0.25, 0.3) is 11.3 Å². The van der Waals surface area contributed by atoms with Gasteiger partial charge in [0.15, 0.2) is 11.5 Å². The van der Waals surface area contributed by atoms with Crippen LogP contribution >= 0.6 is 0 Å². The van der Waals surface area contributed by atoms with Gasteiger partial charge in [0.05, 0.1) is 24.9 Å². The number of aryl methyl sites for hydroxylation is 1. The van der Waals surface area contributed by atoms with Crippen molar-refractivity contribution in [3.8, 4) is 17.1 Å². The summed E-state index contributed by atoms with van der Waals surface area (Å²) in [6, 6.07) is 8.51. The number of hydrogen-bond acceptors (Lipinski definition) is 6. The number of benzene rings is 1. The number of nitrogens with one attached hydrogen (secondary N) is 1. The van der Waals surface area contributed by atoms with E-state index < -0.39 is 0 Å². The van der Waals surface area contributed by atoms with Gasteiger partial charge in [0.1, 0.15) is 5.75 Å². The second-order valence-corrected chi connectivity index (χ2v) is 6.74. The lowest BCUT2D eigenvalue weighted by Crippen LogP contribution is -2.37. The van der Waals surface area contributed by atoms with E-state index in [2.05, 4.69) is 15.6 Å². The molecule has 4 rings (SSSR count). The molecule has 1 fully saturated rings. The smallest absolute Gasteiger partial charge is 0.273 e. The molecule has 0 aliphatic carbocycles. The molecule has 1 saturated heterocycles. The second-order valence-electron chi connectivity index (χ2n) is 6.74. The normalized spacial score (nSPS) is 16.3. The number of methoxy groups -OCH3 is 1. The van der Waals surface area contributed by atoms with Gasteiger partial charge < -0.3 is 19.5 Å². The van der Waals surface area contributed by atoms with Crippen LogP contribution < -0.4 is 15.0 Å². The monoisotopic (exact) mass is 395 g/mol. The molecule has 29 heavy (non-hydrogen) atoms. The third kappa shape index (κ3) is 3.84. The fraction of sp³-hybridized carbons (Fsp3) is 0.300. The fourth-order valence-corrected chi connectivity index (χ4v) is 3.26. The quantitative estimate of drug-likeness (QED) is 0.686. The summed E-state index contributed by atoms with van der Waals surface area (Å²) in [5.41, 5.74) is 1.68. The molecule has 3 aromatic rings. The molecule has 1 N–H and O–H groups in total. The highest BCUT2D eigenvalue weighted by Gasteiger charge is 2.32. The molecule has 9 heteroatoms. The molecule has 9 nitrogen and oxygen atoms in total. The van der Waals surface area contributed by atoms with Crippen molar-refractivity contribution in [2.45, 2.75) is 25.9 Å². The third-order valence-electron chi connectivity index (χ3n) is 4.83. The van der Waals surface area contributed by atoms with Gasteiger partial charge in [0.2, 0.25) is 5.91 Å². The van der Waals surface area contributed by atoms with Crippen molar-refractivity contribution in [3.05, 3.63) is 48.4 Å². The maximum absolute atomic E-state index is 12.5. The van der Waals surface area contributed by atoms with Crippen molar-refractivity contribution < 1.29 is 18.8 Å². The van der Waals surface area contributed by atoms with Crippen LogP contribution in [-0.4, -0.2) is 46.4 Å². The van der Waals surface area contributed by atoms with Gasteiger partial charge >= 0.3 is 0 Å². The molecule has 0 bridgehead atoms. The first-order valence-corrected chi connectivity index (χ1v) is 9.32. The van der Waals surface area contributed by atoms with Crippen LogP contribution in [0.15, 0.2) is 47.2 Å². The van der Waals surface area contributed by atoms with Crippen molar-refractivity contribution in [3.63, 3.8) is 0 Å². The van der Waals surface area contributed by atoms with Gasteiger partial charge in [0, 0.05) is 37.5 Å². The minimum atomic E-state index is -0.378. The summed E-state index contributed by atoms with van der Waals surface area (Å²) >= 11 is 0. The van der Waals surface area contributed by atoms with Crippen molar-refractivity contribution in [2.24, 2.45) is 0 Å². The summed E-state index contributed by atoms with van der Waals surface area (Å²) in [5.74, 6) is 0.763. The maximum Gasteiger partial charge on any atom is 0.273 e. The number of amides is 2. The highest BCUT2D eigenvalue weighted by atomic mass is 16.5. The predicted octanol–water partition coefficient (Wildman–Crippen LogP) is 2.10. The molecular weight excluding hydrogens is 374 g/mol. The van der Waals surface area contributed by atoms with Crippen LogP contribution in [-0.2, 0) is 11.3 Å². The van der Waals surface area contributed by atoms with Crippen LogP contribution in [0.1, 0.15) is 23.8 Å². The molecule has 2 aromatic heterocycles. The number of nitrogens with zero attached hydrogens (tertiary/aromatic N) is 4. The zero-order valence-electron chi connectivity index (χ0n) is 16.2. The number of rotatable bonds is 6. The highest BCUT2D eigenvalue weighted by Crippen LogP contribution is 2.24. The molecule has 150 valence electrons. The Morgan fingerprint density at radius 3 is 2.83 bits per heavy atom. The molecule has 3 heterocycles. The Hall–Kier alpha value is -3.62. The van der Waals surface area contributed by atoms with Crippen molar-refractivity contribution in [1.82, 2.24) is 20.3 Å². The van der Waals surface area contributed by atoms with E-state index in [4.69, 9.17) is 9.26 Å². The van der Waals surface area contributed by atoms with Crippen LogP contribution in [0.3, 0.4) is 0 Å². The molecule has 1 atom stereocenters. The Balaban J connectivity index is 1.40. The first-order valence-electron chi connectivity index (χ1n) is 9.32. The lowest BCUT2D eigenvalue weighted by Gasteiger charge is -2.17. The Kier molecular flexibility index (Phi) is 5.03. The SMILES string of the molecule is CCn1cc(-c2cc(C(=O)N[C@@H]3CC(=O)N(c4ccc(OC)cc4)C3)no2)cn1. The topological polar surface area (TPSA) is 102 Å². The highest BCUT2D eigenvalue weighted by molar-refractivity contribution is 5.98. The minimum Gasteiger partial charge on any atom is -0.497 e. The van der Waals surface area contributed by atoms with Crippen LogP contribution in [0, 0.1) is 0 Å². The Morgan fingerprint density at radius 1 is 1.34 bits per heavy atom. The molecule has 1 aliphatic rings. The number of carbonyl (C=O) groups excluding carboxylic acids is 2. The maximum atomic E-state index is 12.5. The van der Waals surface area contributed by atoms with Crippen molar-refractivity contribution in [2.75, 3.05) is 18.6 Å². The van der Waals surface area contributed by atoms with E-state index >= 15 is 0 Å². The molecule has 1 aromatic carbocycles. The van der Waals surface area contributed by atoms with Gasteiger partial charge in [0.25, 0.3) is 5.91 Å². The number of ether oxygens (including phenoxy) is 1. The molecule has 0 radical (unpaired) electrons. The van der Waals surface area contributed by atoms with Crippen molar-refractivity contribution >= 4 is 17.5 Å². The van der Waals surface area contributed by atoms with E-state index in [0.717, 1.165) is 23.5 Å². The summed E-state index contributed by atoms with van der Waals surface area (Å²) in [4.78, 5) is 26.6. The van der Waals surface area contributed by atoms with Gasteiger partial charge in [-0.3, -0.25) is 14.3 Å². The van der Waals surface area contributed by atoms with Crippen LogP contribution in [0.2, 0.25) is 0 Å². The average molecular weight is 395 g/mol. The molecular formula is C20H21N5O4. The summed E-state index contributed by atoms with van der Waals surface area (Å²) in [6.45, 7) is 3.11. The Labute approximate surface area is 167 Å². The van der Waals surface area contributed by atoms with E-state index in [1.165, 1.54) is 0 Å². The molecule has 0 unspecified atom stereocenters. The van der Waals surface area contributed by atoms with E-state index in [1.807, 2.05) is 25.3 Å². The van der Waals surface area contributed by atoms with Crippen molar-refractivity contribution in [1.29, 1.82) is 0 Å². The number of hydrogen-bond donors (Lipinski definition) is 1. The molecule has 0 spiro atoms. The zero-order valence-corrected chi connectivity index (χ0v) is 16.2. The number of carbonyl (C=O) groups is 2. The van der Waals surface area contributed by atoms with Crippen LogP contribution in [0.4, 0.5) is 5.69 Å². The Bertz CT molecular complexity index is 1020. The lowest BCUT2D eigenvalue weighted by molar-refractivity contribution is -0.117. The van der Waals surface area contributed by atoms with Gasteiger partial charge in [-0.1, -0.05) is 5.16 Å². The van der Waals surface area contributed by atoms with E-state index in [-0.39, 0.29) is 30.0 Å². The first-order chi connectivity index (χ1) is 14.1. The summed E-state index contributed by atoms with van der Waals surface area (Å²) in [6.07, 6.45) is 3.71. The second kappa shape index (κ2) is 7.78. The minimum absolute atomic E-state index is 0.0479. The predicted molar refractivity (Wildman–Crippen MR) is 105 cm³/mol. The molecule has 1 aliphatic heterocycles. The largest absolute Gasteiger partial charge is 0.497 e. The number of aromatic nitrogens is 3. The standard InChI is InChI=1S/C20H21N5O4/c1-3-24-11-13(10-21-24)18-9-17(23-29-18)20(27)22-14-8-19(26)25(12-14)15-4-6-16(28-2)7-5-15/h4-7,9-11,14H,3,8,12H2,1-2H3,(H,22,27)/t14-/m1/s1. The lowest BCUT2D eigenvalue weighted by atomic mass is 10.2. The Morgan fingerprint density at radius 2 is 2.14 bits per heavy atom. The van der Waals surface area contributed by atoms with E-state index in [0.29, 0.717) is 12.3 Å². The van der Waals surface area contributed by atoms with Gasteiger partial charge in [-0.15, -0.1) is 0 Å². The van der Waals surface area contributed by atoms with Gasteiger partial charge in [-0.25, -0.2) is 0 Å². The van der Waals surface area contributed by atoms with Gasteiger partial charge in [-0.2, -0.15) is 5.10 Å². The van der Waals surface area contributed by atoms with E-state index in [1.54, 1.807) is 41.1 Å². The zero-order chi connectivity index (χ0) is 20.4. The fourth-order valence-electron chi connectivity index (χ4n) is 3.26.